The van der Waals surface area contributed by atoms with E-state index in [0.29, 0.717) is 5.52 Å². The fourth-order valence-corrected chi connectivity index (χ4v) is 2.12. The number of benzene rings is 1. The second-order valence-electron chi connectivity index (χ2n) is 3.87. The van der Waals surface area contributed by atoms with E-state index in [9.17, 15) is 4.79 Å². The lowest BCUT2D eigenvalue weighted by Gasteiger charge is -2.02. The highest BCUT2D eigenvalue weighted by Crippen LogP contribution is 2.19. The molecule has 0 aliphatic heterocycles. The summed E-state index contributed by atoms with van der Waals surface area (Å²) in [5.74, 6) is -0.986. The van der Waals surface area contributed by atoms with Gasteiger partial charge in [-0.2, -0.15) is 0 Å². The van der Waals surface area contributed by atoms with E-state index >= 15 is 0 Å². The van der Waals surface area contributed by atoms with Gasteiger partial charge in [0.15, 0.2) is 0 Å². The minimum absolute atomic E-state index is 0.187. The Hall–Kier alpha value is -2.28. The van der Waals surface area contributed by atoms with Crippen molar-refractivity contribution in [2.24, 2.45) is 0 Å². The van der Waals surface area contributed by atoms with Gasteiger partial charge in [-0.15, -0.1) is 5.10 Å². The van der Waals surface area contributed by atoms with Crippen LogP contribution in [0.3, 0.4) is 0 Å². The third-order valence-electron chi connectivity index (χ3n) is 2.63. The van der Waals surface area contributed by atoms with Crippen LogP contribution in [-0.2, 0) is 0 Å². The zero-order valence-corrected chi connectivity index (χ0v) is 11.1. The van der Waals surface area contributed by atoms with Crippen molar-refractivity contribution in [3.63, 3.8) is 0 Å². The molecule has 2 aromatic heterocycles. The van der Waals surface area contributed by atoms with Gasteiger partial charge >= 0.3 is 5.97 Å². The number of carbonyl (C=O) groups is 1. The number of pyridine rings is 1. The molecule has 0 aliphatic carbocycles. The summed E-state index contributed by atoms with van der Waals surface area (Å²) in [6.07, 6.45) is 3.33. The molecule has 19 heavy (non-hydrogen) atoms. The van der Waals surface area contributed by atoms with Crippen molar-refractivity contribution in [2.45, 2.75) is 0 Å². The van der Waals surface area contributed by atoms with Crippen molar-refractivity contribution in [3.8, 4) is 5.69 Å². The number of carboxylic acid groups (broad SMARTS) is 1. The van der Waals surface area contributed by atoms with Crippen molar-refractivity contribution in [1.82, 2.24) is 20.0 Å². The Kier molecular flexibility index (Phi) is 2.75. The Labute approximate surface area is 115 Å². The van der Waals surface area contributed by atoms with Gasteiger partial charge in [0.25, 0.3) is 0 Å². The smallest absolute Gasteiger partial charge is 0.335 e. The number of carboxylic acids is 1. The lowest BCUT2D eigenvalue weighted by Crippen LogP contribution is -1.98. The Morgan fingerprint density at radius 1 is 1.26 bits per heavy atom. The van der Waals surface area contributed by atoms with Crippen molar-refractivity contribution in [2.75, 3.05) is 0 Å². The summed E-state index contributed by atoms with van der Waals surface area (Å²) in [4.78, 5) is 15.0. The van der Waals surface area contributed by atoms with E-state index < -0.39 is 5.97 Å². The van der Waals surface area contributed by atoms with Crippen molar-refractivity contribution in [3.05, 3.63) is 46.7 Å². The van der Waals surface area contributed by atoms with E-state index in [0.717, 1.165) is 15.7 Å². The molecule has 6 nitrogen and oxygen atoms in total. The highest BCUT2D eigenvalue weighted by molar-refractivity contribution is 9.10. The topological polar surface area (TPSA) is 80.9 Å². The molecule has 7 heteroatoms. The van der Waals surface area contributed by atoms with Crippen LogP contribution in [0.4, 0.5) is 0 Å². The molecule has 2 heterocycles. The van der Waals surface area contributed by atoms with E-state index in [2.05, 4.69) is 31.2 Å². The van der Waals surface area contributed by atoms with Gasteiger partial charge in [-0.3, -0.25) is 4.98 Å². The highest BCUT2D eigenvalue weighted by Gasteiger charge is 2.10. The van der Waals surface area contributed by atoms with Gasteiger partial charge in [-0.25, -0.2) is 9.48 Å². The van der Waals surface area contributed by atoms with Crippen LogP contribution in [0.15, 0.2) is 41.1 Å². The summed E-state index contributed by atoms with van der Waals surface area (Å²) in [7, 11) is 0. The molecule has 0 saturated heterocycles. The third kappa shape index (κ3) is 2.08. The van der Waals surface area contributed by atoms with E-state index in [4.69, 9.17) is 5.11 Å². The first-order valence-corrected chi connectivity index (χ1v) is 6.14. The molecule has 0 radical (unpaired) electrons. The molecule has 0 amide bonds. The molecule has 0 fully saturated rings. The number of fused-ring (bicyclic) bond motifs is 1. The zero-order valence-electron chi connectivity index (χ0n) is 9.49. The number of hydrogen-bond acceptors (Lipinski definition) is 4. The van der Waals surface area contributed by atoms with Crippen molar-refractivity contribution < 1.29 is 9.90 Å². The van der Waals surface area contributed by atoms with Gasteiger partial charge in [0.1, 0.15) is 5.52 Å². The molecule has 0 saturated carbocycles. The number of hydrogen-bond donors (Lipinski definition) is 1. The summed E-state index contributed by atoms with van der Waals surface area (Å²) in [6.45, 7) is 0. The van der Waals surface area contributed by atoms with Crippen LogP contribution in [-0.4, -0.2) is 31.1 Å². The molecule has 0 bridgehead atoms. The SMILES string of the molecule is O=C(O)c1ccc2c(c1)nnn2-c1cncc(Br)c1. The Morgan fingerprint density at radius 3 is 2.84 bits per heavy atom. The second-order valence-corrected chi connectivity index (χ2v) is 4.79. The lowest BCUT2D eigenvalue weighted by atomic mass is 10.2. The molecule has 0 spiro atoms. The molecule has 1 N–H and O–H groups in total. The molecular weight excluding hydrogens is 312 g/mol. The molecule has 3 aromatic rings. The number of aromatic carboxylic acids is 1. The summed E-state index contributed by atoms with van der Waals surface area (Å²) in [6, 6.07) is 6.55. The Bertz CT molecular complexity index is 784. The minimum atomic E-state index is -0.986. The number of halogens is 1. The van der Waals surface area contributed by atoms with E-state index in [-0.39, 0.29) is 5.56 Å². The maximum atomic E-state index is 10.9. The van der Waals surface area contributed by atoms with E-state index in [1.54, 1.807) is 23.1 Å². The monoisotopic (exact) mass is 318 g/mol. The zero-order chi connectivity index (χ0) is 13.4. The Balaban J connectivity index is 2.18. The number of aromatic nitrogens is 4. The maximum absolute atomic E-state index is 10.9. The van der Waals surface area contributed by atoms with Crippen molar-refractivity contribution in [1.29, 1.82) is 0 Å². The number of rotatable bonds is 2. The normalized spacial score (nSPS) is 10.8. The average Bonchev–Trinajstić information content (AvgIpc) is 2.81. The quantitative estimate of drug-likeness (QED) is 0.784. The largest absolute Gasteiger partial charge is 0.478 e. The molecule has 3 rings (SSSR count). The third-order valence-corrected chi connectivity index (χ3v) is 3.06. The molecule has 0 atom stereocenters. The molecule has 1 aromatic carbocycles. The van der Waals surface area contributed by atoms with Crippen LogP contribution in [0.5, 0.6) is 0 Å². The maximum Gasteiger partial charge on any atom is 0.335 e. The van der Waals surface area contributed by atoms with Gasteiger partial charge < -0.3 is 5.11 Å². The number of nitrogens with zero attached hydrogens (tertiary/aromatic N) is 4. The summed E-state index contributed by atoms with van der Waals surface area (Å²) < 4.78 is 2.44. The highest BCUT2D eigenvalue weighted by atomic mass is 79.9. The van der Waals surface area contributed by atoms with Crippen molar-refractivity contribution >= 4 is 32.9 Å². The first kappa shape index (κ1) is 11.8. The van der Waals surface area contributed by atoms with Crippen LogP contribution in [0, 0.1) is 0 Å². The molecule has 0 unspecified atom stereocenters. The van der Waals surface area contributed by atoms with Gasteiger partial charge in [0, 0.05) is 10.7 Å². The predicted molar refractivity (Wildman–Crippen MR) is 71.3 cm³/mol. The van der Waals surface area contributed by atoms with E-state index in [1.165, 1.54) is 12.1 Å². The summed E-state index contributed by atoms with van der Waals surface area (Å²) in [5.41, 5.74) is 2.19. The lowest BCUT2D eigenvalue weighted by molar-refractivity contribution is 0.0697. The molecular formula is C12H7BrN4O2. The van der Waals surface area contributed by atoms with Gasteiger partial charge in [-0.05, 0) is 40.2 Å². The van der Waals surface area contributed by atoms with Gasteiger partial charge in [0.2, 0.25) is 0 Å². The van der Waals surface area contributed by atoms with Crippen LogP contribution >= 0.6 is 15.9 Å². The van der Waals surface area contributed by atoms with Crippen LogP contribution < -0.4 is 0 Å². The van der Waals surface area contributed by atoms with Gasteiger partial charge in [-0.1, -0.05) is 5.21 Å². The average molecular weight is 319 g/mol. The summed E-state index contributed by atoms with van der Waals surface area (Å²) >= 11 is 3.34. The fourth-order valence-electron chi connectivity index (χ4n) is 1.76. The first-order chi connectivity index (χ1) is 9.15. The predicted octanol–water partition coefficient (Wildman–Crippen LogP) is 2.28. The van der Waals surface area contributed by atoms with Crippen LogP contribution in [0.25, 0.3) is 16.7 Å². The minimum Gasteiger partial charge on any atom is -0.478 e. The molecule has 94 valence electrons. The van der Waals surface area contributed by atoms with Crippen LogP contribution in [0.2, 0.25) is 0 Å². The second kappa shape index (κ2) is 4.43. The summed E-state index contributed by atoms with van der Waals surface area (Å²) in [5, 5.41) is 16.9. The fraction of sp³-hybridized carbons (Fsp3) is 0. The first-order valence-electron chi connectivity index (χ1n) is 5.35. The van der Waals surface area contributed by atoms with Crippen LogP contribution in [0.1, 0.15) is 10.4 Å². The standard InChI is InChI=1S/C12H7BrN4O2/c13-8-4-9(6-14-5-8)17-11-2-1-7(12(18)19)3-10(11)15-16-17/h1-6H,(H,18,19). The molecule has 0 aliphatic rings. The van der Waals surface area contributed by atoms with Gasteiger partial charge in [0.05, 0.1) is 23.0 Å². The van der Waals surface area contributed by atoms with E-state index in [1.807, 2.05) is 6.07 Å². The Morgan fingerprint density at radius 2 is 2.11 bits per heavy atom.